The average Bonchev–Trinajstić information content (AvgIpc) is 2.58. The van der Waals surface area contributed by atoms with Crippen LogP contribution in [0.4, 0.5) is 0 Å². The Kier molecular flexibility index (Phi) is 6.58. The molecular formula is C15H20O11. The highest BCUT2D eigenvalue weighted by atomic mass is 16.7. The molecule has 11 nitrogen and oxygen atoms in total. The Bertz CT molecular complexity index is 609. The van der Waals surface area contributed by atoms with E-state index in [0.717, 1.165) is 12.1 Å². The van der Waals surface area contributed by atoms with Crippen LogP contribution in [0.25, 0.3) is 0 Å². The van der Waals surface area contributed by atoms with Gasteiger partial charge in [-0.2, -0.15) is 0 Å². The molecule has 1 aromatic rings. The predicted molar refractivity (Wildman–Crippen MR) is 81.5 cm³/mol. The Morgan fingerprint density at radius 3 is 2.19 bits per heavy atom. The summed E-state index contributed by atoms with van der Waals surface area (Å²) in [7, 11) is 0. The molecule has 1 aliphatic heterocycles. The van der Waals surface area contributed by atoms with Gasteiger partial charge in [0.2, 0.25) is 12.0 Å². The Balaban J connectivity index is 2.17. The molecule has 0 radical (unpaired) electrons. The molecule has 26 heavy (non-hydrogen) atoms. The summed E-state index contributed by atoms with van der Waals surface area (Å²) >= 11 is 0. The number of phenolic OH excluding ortho intramolecular Hbond substituents is 2. The number of aliphatic hydroxyl groups excluding tert-OH is 5. The average molecular weight is 376 g/mol. The van der Waals surface area contributed by atoms with Gasteiger partial charge in [-0.1, -0.05) is 0 Å². The summed E-state index contributed by atoms with van der Waals surface area (Å²) in [5, 5.41) is 67.0. The maximum atomic E-state index is 11.3. The van der Waals surface area contributed by atoms with E-state index in [2.05, 4.69) is 0 Å². The molecule has 5 unspecified atom stereocenters. The minimum atomic E-state index is -1.74. The number of aromatic hydroxyl groups is 2. The van der Waals surface area contributed by atoms with Crippen LogP contribution < -0.4 is 9.47 Å². The number of aliphatic hydroxyl groups is 5. The van der Waals surface area contributed by atoms with Gasteiger partial charge in [-0.3, -0.25) is 4.79 Å². The summed E-state index contributed by atoms with van der Waals surface area (Å²) in [5.41, 5.74) is 0. The largest absolute Gasteiger partial charge is 0.504 e. The van der Waals surface area contributed by atoms with E-state index in [1.54, 1.807) is 0 Å². The third kappa shape index (κ3) is 4.33. The highest BCUT2D eigenvalue weighted by molar-refractivity contribution is 5.73. The van der Waals surface area contributed by atoms with Crippen LogP contribution in [0.2, 0.25) is 0 Å². The third-order valence-electron chi connectivity index (χ3n) is 3.65. The first kappa shape index (κ1) is 20.2. The standard InChI is InChI=1S/C15H20O11/c16-2-1-10(20)24-6-3-7(18)14(8(19)4-6)26-15-13(23)12(22)11(21)9(5-17)25-15/h3-4,9,11-13,15-19,21-23H,1-2,5H2. The fourth-order valence-electron chi connectivity index (χ4n) is 2.31. The van der Waals surface area contributed by atoms with Gasteiger partial charge in [0.1, 0.15) is 30.2 Å². The number of benzene rings is 1. The van der Waals surface area contributed by atoms with E-state index >= 15 is 0 Å². The first-order chi connectivity index (χ1) is 12.3. The molecule has 0 amide bonds. The number of rotatable bonds is 6. The topological polar surface area (TPSA) is 186 Å². The molecule has 0 saturated carbocycles. The van der Waals surface area contributed by atoms with Crippen molar-refractivity contribution < 1.29 is 54.8 Å². The minimum Gasteiger partial charge on any atom is -0.504 e. The van der Waals surface area contributed by atoms with E-state index in [4.69, 9.17) is 24.4 Å². The van der Waals surface area contributed by atoms with Crippen LogP contribution in [-0.2, 0) is 9.53 Å². The smallest absolute Gasteiger partial charge is 0.313 e. The molecule has 146 valence electrons. The molecule has 1 heterocycles. The van der Waals surface area contributed by atoms with Crippen molar-refractivity contribution in [1.82, 2.24) is 0 Å². The maximum absolute atomic E-state index is 11.3. The molecule has 1 saturated heterocycles. The van der Waals surface area contributed by atoms with Crippen molar-refractivity contribution in [2.45, 2.75) is 37.1 Å². The van der Waals surface area contributed by atoms with Gasteiger partial charge in [0, 0.05) is 12.1 Å². The molecule has 1 aliphatic rings. The zero-order valence-electron chi connectivity index (χ0n) is 13.4. The lowest BCUT2D eigenvalue weighted by atomic mass is 9.99. The lowest BCUT2D eigenvalue weighted by molar-refractivity contribution is -0.277. The fourth-order valence-corrected chi connectivity index (χ4v) is 2.31. The van der Waals surface area contributed by atoms with Crippen molar-refractivity contribution >= 4 is 5.97 Å². The van der Waals surface area contributed by atoms with Crippen LogP contribution in [0.1, 0.15) is 6.42 Å². The van der Waals surface area contributed by atoms with Crippen LogP contribution in [-0.4, -0.2) is 85.6 Å². The Morgan fingerprint density at radius 1 is 1.04 bits per heavy atom. The molecule has 0 bridgehead atoms. The van der Waals surface area contributed by atoms with Gasteiger partial charge in [0.05, 0.1) is 19.6 Å². The Hall–Kier alpha value is -2.15. The molecule has 0 aliphatic carbocycles. The Labute approximate surface area is 147 Å². The van der Waals surface area contributed by atoms with E-state index < -0.39 is 67.1 Å². The van der Waals surface area contributed by atoms with Crippen molar-refractivity contribution in [2.75, 3.05) is 13.2 Å². The second-order valence-corrected chi connectivity index (χ2v) is 5.55. The molecule has 2 rings (SSSR count). The summed E-state index contributed by atoms with van der Waals surface area (Å²) in [5.74, 6) is -2.91. The number of ether oxygens (including phenoxy) is 3. The minimum absolute atomic E-state index is 0.223. The van der Waals surface area contributed by atoms with E-state index in [9.17, 15) is 30.3 Å². The monoisotopic (exact) mass is 376 g/mol. The van der Waals surface area contributed by atoms with Gasteiger partial charge < -0.3 is 50.0 Å². The van der Waals surface area contributed by atoms with E-state index in [1.807, 2.05) is 0 Å². The van der Waals surface area contributed by atoms with E-state index in [-0.39, 0.29) is 12.2 Å². The quantitative estimate of drug-likeness (QED) is 0.207. The van der Waals surface area contributed by atoms with E-state index in [1.165, 1.54) is 0 Å². The van der Waals surface area contributed by atoms with Gasteiger partial charge in [0.15, 0.2) is 11.5 Å². The van der Waals surface area contributed by atoms with Gasteiger partial charge in [-0.25, -0.2) is 0 Å². The molecule has 0 spiro atoms. The summed E-state index contributed by atoms with van der Waals surface area (Å²) in [4.78, 5) is 11.3. The summed E-state index contributed by atoms with van der Waals surface area (Å²) in [6.45, 7) is -1.11. The second kappa shape index (κ2) is 8.49. The van der Waals surface area contributed by atoms with Crippen molar-refractivity contribution in [3.05, 3.63) is 12.1 Å². The summed E-state index contributed by atoms with van der Waals surface area (Å²) in [6.07, 6.45) is -8.18. The van der Waals surface area contributed by atoms with Gasteiger partial charge in [0.25, 0.3) is 0 Å². The van der Waals surface area contributed by atoms with Gasteiger partial charge >= 0.3 is 5.97 Å². The van der Waals surface area contributed by atoms with Gasteiger partial charge in [-0.15, -0.1) is 0 Å². The second-order valence-electron chi connectivity index (χ2n) is 5.55. The summed E-state index contributed by atoms with van der Waals surface area (Å²) < 4.78 is 15.0. The predicted octanol–water partition coefficient (Wildman–Crippen LogP) is -2.44. The van der Waals surface area contributed by atoms with Gasteiger partial charge in [-0.05, 0) is 0 Å². The molecule has 0 aromatic heterocycles. The third-order valence-corrected chi connectivity index (χ3v) is 3.65. The molecule has 7 N–H and O–H groups in total. The number of esters is 1. The zero-order chi connectivity index (χ0) is 19.4. The molecule has 1 aromatic carbocycles. The first-order valence-corrected chi connectivity index (χ1v) is 7.63. The van der Waals surface area contributed by atoms with Crippen molar-refractivity contribution in [3.63, 3.8) is 0 Å². The Morgan fingerprint density at radius 2 is 1.65 bits per heavy atom. The fraction of sp³-hybridized carbons (Fsp3) is 0.533. The molecular weight excluding hydrogens is 356 g/mol. The number of hydrogen-bond donors (Lipinski definition) is 7. The first-order valence-electron chi connectivity index (χ1n) is 7.63. The summed E-state index contributed by atoms with van der Waals surface area (Å²) in [6, 6.07) is 1.88. The number of carbonyl (C=O) groups excluding carboxylic acids is 1. The van der Waals surface area contributed by atoms with E-state index in [0.29, 0.717) is 0 Å². The normalized spacial score (nSPS) is 28.6. The van der Waals surface area contributed by atoms with Crippen molar-refractivity contribution in [2.24, 2.45) is 0 Å². The van der Waals surface area contributed by atoms with Crippen LogP contribution in [0.15, 0.2) is 12.1 Å². The number of hydrogen-bond acceptors (Lipinski definition) is 11. The van der Waals surface area contributed by atoms with Crippen LogP contribution in [0, 0.1) is 0 Å². The van der Waals surface area contributed by atoms with Crippen molar-refractivity contribution in [1.29, 1.82) is 0 Å². The number of phenols is 2. The highest BCUT2D eigenvalue weighted by Gasteiger charge is 2.45. The maximum Gasteiger partial charge on any atom is 0.313 e. The molecule has 11 heteroatoms. The number of carbonyl (C=O) groups is 1. The van der Waals surface area contributed by atoms with Crippen LogP contribution >= 0.6 is 0 Å². The lowest BCUT2D eigenvalue weighted by Gasteiger charge is -2.39. The zero-order valence-corrected chi connectivity index (χ0v) is 13.4. The molecule has 5 atom stereocenters. The van der Waals surface area contributed by atoms with Crippen LogP contribution in [0.3, 0.4) is 0 Å². The molecule has 1 fully saturated rings. The lowest BCUT2D eigenvalue weighted by Crippen LogP contribution is -2.60. The van der Waals surface area contributed by atoms with Crippen molar-refractivity contribution in [3.8, 4) is 23.0 Å². The van der Waals surface area contributed by atoms with Crippen LogP contribution in [0.5, 0.6) is 23.0 Å². The highest BCUT2D eigenvalue weighted by Crippen LogP contribution is 2.41. The SMILES string of the molecule is O=C(CCO)Oc1cc(O)c(OC2OC(CO)C(O)C(O)C2O)c(O)c1.